The summed E-state index contributed by atoms with van der Waals surface area (Å²) in [6, 6.07) is 0. The fraction of sp³-hybridized carbons (Fsp3) is 1.00. The van der Waals surface area contributed by atoms with Crippen LogP contribution in [0, 0.1) is 0 Å². The third-order valence-corrected chi connectivity index (χ3v) is 3.29. The molecule has 1 unspecified atom stereocenters. The molecule has 3 nitrogen and oxygen atoms in total. The highest BCUT2D eigenvalue weighted by atomic mass is 16.5. The van der Waals surface area contributed by atoms with Crippen molar-refractivity contribution in [2.45, 2.75) is 44.8 Å². The first-order valence-corrected chi connectivity index (χ1v) is 5.44. The molecule has 1 saturated heterocycles. The zero-order valence-corrected chi connectivity index (χ0v) is 9.97. The number of methoxy groups -OCH3 is 1. The quantitative estimate of drug-likeness (QED) is 0.728. The molecule has 0 aromatic carbocycles. The molecule has 1 rings (SSSR count). The number of rotatable bonds is 2. The van der Waals surface area contributed by atoms with Crippen LogP contribution in [-0.2, 0) is 4.74 Å². The minimum absolute atomic E-state index is 0.106. The van der Waals surface area contributed by atoms with E-state index in [2.05, 4.69) is 25.7 Å². The zero-order valence-electron chi connectivity index (χ0n) is 9.97. The van der Waals surface area contributed by atoms with Crippen LogP contribution in [0.15, 0.2) is 0 Å². The Kier molecular flexibility index (Phi) is 3.56. The minimum atomic E-state index is -0.106. The molecule has 14 heavy (non-hydrogen) atoms. The van der Waals surface area contributed by atoms with Gasteiger partial charge in [0.15, 0.2) is 0 Å². The van der Waals surface area contributed by atoms with Gasteiger partial charge in [0.05, 0.1) is 5.60 Å². The largest absolute Gasteiger partial charge is 0.376 e. The fourth-order valence-corrected chi connectivity index (χ4v) is 2.09. The van der Waals surface area contributed by atoms with E-state index in [1.54, 1.807) is 7.11 Å². The molecular weight excluding hydrogens is 176 g/mol. The van der Waals surface area contributed by atoms with Crippen molar-refractivity contribution in [1.29, 1.82) is 0 Å². The first-order valence-electron chi connectivity index (χ1n) is 5.44. The van der Waals surface area contributed by atoms with Gasteiger partial charge in [-0.1, -0.05) is 0 Å². The van der Waals surface area contributed by atoms with Crippen LogP contribution in [-0.4, -0.2) is 42.8 Å². The Hall–Kier alpha value is -0.120. The highest BCUT2D eigenvalue weighted by Gasteiger charge is 2.37. The van der Waals surface area contributed by atoms with Crippen molar-refractivity contribution in [3.8, 4) is 0 Å². The number of nitrogens with zero attached hydrogens (tertiary/aromatic N) is 1. The van der Waals surface area contributed by atoms with Gasteiger partial charge in [-0.2, -0.15) is 0 Å². The minimum Gasteiger partial charge on any atom is -0.376 e. The molecular formula is C11H24N2O. The summed E-state index contributed by atoms with van der Waals surface area (Å²) in [6.45, 7) is 9.48. The first kappa shape index (κ1) is 12.0. The van der Waals surface area contributed by atoms with Crippen LogP contribution < -0.4 is 5.73 Å². The molecule has 3 heteroatoms. The Balaban J connectivity index is 2.68. The number of likely N-dealkylation sites (tertiary alicyclic amines) is 1. The van der Waals surface area contributed by atoms with Crippen LogP contribution in [0.2, 0.25) is 0 Å². The standard InChI is InChI=1S/C11H24N2O/c1-10(2,3)13-7-5-6-11(8-12,9-13)14-4/h5-9,12H2,1-4H3. The van der Waals surface area contributed by atoms with Crippen LogP contribution in [0.4, 0.5) is 0 Å². The maximum absolute atomic E-state index is 5.80. The average molecular weight is 200 g/mol. The average Bonchev–Trinajstić information content (AvgIpc) is 2.16. The number of ether oxygens (including phenoxy) is 1. The molecule has 0 bridgehead atoms. The second kappa shape index (κ2) is 4.17. The van der Waals surface area contributed by atoms with Gasteiger partial charge in [-0.3, -0.25) is 4.90 Å². The van der Waals surface area contributed by atoms with Crippen molar-refractivity contribution in [2.24, 2.45) is 5.73 Å². The molecule has 1 heterocycles. The molecule has 2 N–H and O–H groups in total. The van der Waals surface area contributed by atoms with E-state index in [1.165, 1.54) is 6.42 Å². The fourth-order valence-electron chi connectivity index (χ4n) is 2.09. The maximum Gasteiger partial charge on any atom is 0.0927 e. The molecule has 0 radical (unpaired) electrons. The second-order valence-electron chi connectivity index (χ2n) is 5.29. The lowest BCUT2D eigenvalue weighted by atomic mass is 9.89. The van der Waals surface area contributed by atoms with Gasteiger partial charge >= 0.3 is 0 Å². The van der Waals surface area contributed by atoms with Crippen molar-refractivity contribution in [2.75, 3.05) is 26.7 Å². The highest BCUT2D eigenvalue weighted by molar-refractivity contribution is 4.93. The van der Waals surface area contributed by atoms with E-state index < -0.39 is 0 Å². The summed E-state index contributed by atoms with van der Waals surface area (Å²) in [6.07, 6.45) is 2.27. The molecule has 1 fully saturated rings. The summed E-state index contributed by atoms with van der Waals surface area (Å²) in [5, 5.41) is 0. The van der Waals surface area contributed by atoms with Crippen LogP contribution in [0.3, 0.4) is 0 Å². The van der Waals surface area contributed by atoms with Gasteiger partial charge in [0.1, 0.15) is 0 Å². The van der Waals surface area contributed by atoms with Crippen LogP contribution in [0.5, 0.6) is 0 Å². The summed E-state index contributed by atoms with van der Waals surface area (Å²) in [5.41, 5.74) is 5.92. The Bertz CT molecular complexity index is 182. The van der Waals surface area contributed by atoms with Crippen molar-refractivity contribution in [1.82, 2.24) is 4.90 Å². The Labute approximate surface area is 87.6 Å². The molecule has 0 aliphatic carbocycles. The van der Waals surface area contributed by atoms with E-state index in [0.717, 1.165) is 19.5 Å². The molecule has 1 atom stereocenters. The SMILES string of the molecule is COC1(CN)CCCN(C(C)(C)C)C1. The molecule has 0 aromatic heterocycles. The van der Waals surface area contributed by atoms with Gasteiger partial charge in [0.25, 0.3) is 0 Å². The Morgan fingerprint density at radius 1 is 1.43 bits per heavy atom. The molecule has 0 amide bonds. The molecule has 1 aliphatic heterocycles. The van der Waals surface area contributed by atoms with Crippen molar-refractivity contribution >= 4 is 0 Å². The first-order chi connectivity index (χ1) is 6.43. The van der Waals surface area contributed by atoms with E-state index >= 15 is 0 Å². The van der Waals surface area contributed by atoms with Crippen molar-refractivity contribution in [3.05, 3.63) is 0 Å². The summed E-state index contributed by atoms with van der Waals surface area (Å²) in [4.78, 5) is 2.47. The topological polar surface area (TPSA) is 38.5 Å². The van der Waals surface area contributed by atoms with E-state index in [0.29, 0.717) is 6.54 Å². The molecule has 84 valence electrons. The van der Waals surface area contributed by atoms with Gasteiger partial charge in [-0.05, 0) is 40.2 Å². The number of nitrogens with two attached hydrogens (primary N) is 1. The third-order valence-electron chi connectivity index (χ3n) is 3.29. The third kappa shape index (κ3) is 2.47. The predicted octanol–water partition coefficient (Wildman–Crippen LogP) is 1.22. The lowest BCUT2D eigenvalue weighted by molar-refractivity contribution is -0.0780. The van der Waals surface area contributed by atoms with E-state index in [-0.39, 0.29) is 11.1 Å². The maximum atomic E-state index is 5.80. The summed E-state index contributed by atoms with van der Waals surface area (Å²) >= 11 is 0. The van der Waals surface area contributed by atoms with Gasteiger partial charge in [0.2, 0.25) is 0 Å². The van der Waals surface area contributed by atoms with E-state index in [4.69, 9.17) is 10.5 Å². The zero-order chi connectivity index (χ0) is 10.8. The molecule has 0 saturated carbocycles. The van der Waals surface area contributed by atoms with Gasteiger partial charge < -0.3 is 10.5 Å². The number of piperidine rings is 1. The Morgan fingerprint density at radius 3 is 2.50 bits per heavy atom. The number of hydrogen-bond donors (Lipinski definition) is 1. The summed E-state index contributed by atoms with van der Waals surface area (Å²) in [5.74, 6) is 0. The van der Waals surface area contributed by atoms with Crippen molar-refractivity contribution in [3.63, 3.8) is 0 Å². The molecule has 0 spiro atoms. The van der Waals surface area contributed by atoms with Crippen LogP contribution >= 0.6 is 0 Å². The number of hydrogen-bond acceptors (Lipinski definition) is 3. The van der Waals surface area contributed by atoms with E-state index in [1.807, 2.05) is 0 Å². The highest BCUT2D eigenvalue weighted by Crippen LogP contribution is 2.28. The molecule has 0 aromatic rings. The van der Waals surface area contributed by atoms with Gasteiger partial charge in [0, 0.05) is 25.7 Å². The van der Waals surface area contributed by atoms with Gasteiger partial charge in [-0.15, -0.1) is 0 Å². The second-order valence-corrected chi connectivity index (χ2v) is 5.29. The summed E-state index contributed by atoms with van der Waals surface area (Å²) < 4.78 is 5.59. The van der Waals surface area contributed by atoms with Gasteiger partial charge in [-0.25, -0.2) is 0 Å². The smallest absolute Gasteiger partial charge is 0.0927 e. The lowest BCUT2D eigenvalue weighted by Crippen LogP contribution is -2.58. The van der Waals surface area contributed by atoms with E-state index in [9.17, 15) is 0 Å². The lowest BCUT2D eigenvalue weighted by Gasteiger charge is -2.46. The monoisotopic (exact) mass is 200 g/mol. The molecule has 1 aliphatic rings. The normalized spacial score (nSPS) is 30.6. The predicted molar refractivity (Wildman–Crippen MR) is 59.4 cm³/mol. The summed E-state index contributed by atoms with van der Waals surface area (Å²) in [7, 11) is 1.78. The van der Waals surface area contributed by atoms with Crippen LogP contribution in [0.25, 0.3) is 0 Å². The van der Waals surface area contributed by atoms with Crippen LogP contribution in [0.1, 0.15) is 33.6 Å². The van der Waals surface area contributed by atoms with Crippen molar-refractivity contribution < 1.29 is 4.74 Å². The Morgan fingerprint density at radius 2 is 2.07 bits per heavy atom.